The lowest BCUT2D eigenvalue weighted by Crippen LogP contribution is -1.97. The van der Waals surface area contributed by atoms with Gasteiger partial charge in [0.25, 0.3) is 0 Å². The van der Waals surface area contributed by atoms with Crippen LogP contribution in [0.5, 0.6) is 5.75 Å². The molecular weight excluding hydrogens is 268 g/mol. The van der Waals surface area contributed by atoms with Crippen molar-refractivity contribution in [2.45, 2.75) is 13.3 Å². The van der Waals surface area contributed by atoms with Gasteiger partial charge in [0, 0.05) is 0 Å². The second kappa shape index (κ2) is 7.76. The number of benzene rings is 2. The van der Waals surface area contributed by atoms with Crippen molar-refractivity contribution in [3.8, 4) is 5.75 Å². The normalized spacial score (nSPS) is 11.4. The highest BCUT2D eigenvalue weighted by molar-refractivity contribution is 6.18. The van der Waals surface area contributed by atoms with Crippen LogP contribution in [0.25, 0.3) is 11.6 Å². The summed E-state index contributed by atoms with van der Waals surface area (Å²) < 4.78 is 5.47. The van der Waals surface area contributed by atoms with Crippen molar-refractivity contribution in [2.75, 3.05) is 12.5 Å². The summed E-state index contributed by atoms with van der Waals surface area (Å²) in [6, 6.07) is 18.6. The fraction of sp³-hybridized carbons (Fsp3) is 0.222. The molecule has 0 unspecified atom stereocenters. The van der Waals surface area contributed by atoms with E-state index >= 15 is 0 Å². The average Bonchev–Trinajstić information content (AvgIpc) is 2.52. The summed E-state index contributed by atoms with van der Waals surface area (Å²) in [5.74, 6) is 1.37. The highest BCUT2D eigenvalue weighted by Crippen LogP contribution is 2.22. The summed E-state index contributed by atoms with van der Waals surface area (Å²) in [6.07, 6.45) is 3.23. The van der Waals surface area contributed by atoms with Crippen LogP contribution in [0.4, 0.5) is 0 Å². The summed E-state index contributed by atoms with van der Waals surface area (Å²) >= 11 is 5.60. The maximum atomic E-state index is 5.60. The molecule has 2 heteroatoms. The topological polar surface area (TPSA) is 9.23 Å². The molecule has 0 bridgehead atoms. The van der Waals surface area contributed by atoms with Crippen molar-refractivity contribution in [2.24, 2.45) is 0 Å². The standard InChI is InChI=1S/C18H19ClO/c1-2-16(17-6-4-3-5-7-17)14-15-8-10-18(11-9-15)20-13-12-19/h3-11,14H,2,12-13H2,1H3/b16-14-. The van der Waals surface area contributed by atoms with Gasteiger partial charge in [-0.15, -0.1) is 11.6 Å². The zero-order valence-electron chi connectivity index (χ0n) is 11.7. The lowest BCUT2D eigenvalue weighted by Gasteiger charge is -2.07. The van der Waals surface area contributed by atoms with Crippen LogP contribution in [-0.4, -0.2) is 12.5 Å². The van der Waals surface area contributed by atoms with Crippen molar-refractivity contribution in [3.05, 3.63) is 65.7 Å². The molecule has 104 valence electrons. The Morgan fingerprint density at radius 2 is 1.75 bits per heavy atom. The molecule has 0 amide bonds. The maximum absolute atomic E-state index is 5.60. The molecule has 0 atom stereocenters. The Balaban J connectivity index is 2.16. The van der Waals surface area contributed by atoms with E-state index in [-0.39, 0.29) is 0 Å². The van der Waals surface area contributed by atoms with Crippen LogP contribution in [-0.2, 0) is 0 Å². The minimum atomic E-state index is 0.510. The van der Waals surface area contributed by atoms with E-state index in [0.29, 0.717) is 12.5 Å². The molecule has 0 spiro atoms. The first kappa shape index (κ1) is 14.7. The molecule has 0 heterocycles. The van der Waals surface area contributed by atoms with E-state index in [4.69, 9.17) is 16.3 Å². The molecule has 0 radical (unpaired) electrons. The van der Waals surface area contributed by atoms with Crippen LogP contribution in [0.1, 0.15) is 24.5 Å². The molecule has 2 aromatic rings. The van der Waals surface area contributed by atoms with Crippen LogP contribution in [0, 0.1) is 0 Å². The molecule has 0 N–H and O–H groups in total. The lowest BCUT2D eigenvalue weighted by atomic mass is 10.0. The Morgan fingerprint density at radius 3 is 2.35 bits per heavy atom. The first-order valence-corrected chi connectivity index (χ1v) is 7.41. The molecule has 0 saturated heterocycles. The van der Waals surface area contributed by atoms with Gasteiger partial charge in [0.2, 0.25) is 0 Å². The molecule has 0 aliphatic carbocycles. The molecule has 1 nitrogen and oxygen atoms in total. The number of hydrogen-bond donors (Lipinski definition) is 0. The minimum Gasteiger partial charge on any atom is -0.492 e. The number of rotatable bonds is 6. The fourth-order valence-electron chi connectivity index (χ4n) is 2.06. The molecule has 0 aliphatic heterocycles. The van der Waals surface area contributed by atoms with E-state index in [0.717, 1.165) is 12.2 Å². The smallest absolute Gasteiger partial charge is 0.119 e. The van der Waals surface area contributed by atoms with Gasteiger partial charge in [-0.25, -0.2) is 0 Å². The molecule has 0 aromatic heterocycles. The highest BCUT2D eigenvalue weighted by Gasteiger charge is 1.99. The van der Waals surface area contributed by atoms with E-state index in [1.165, 1.54) is 16.7 Å². The maximum Gasteiger partial charge on any atom is 0.119 e. The first-order chi connectivity index (χ1) is 9.83. The molecule has 2 rings (SSSR count). The van der Waals surface area contributed by atoms with Gasteiger partial charge >= 0.3 is 0 Å². The number of hydrogen-bond acceptors (Lipinski definition) is 1. The Bertz CT molecular complexity index is 543. The van der Waals surface area contributed by atoms with Gasteiger partial charge in [0.1, 0.15) is 12.4 Å². The molecule has 2 aromatic carbocycles. The van der Waals surface area contributed by atoms with Crippen molar-refractivity contribution >= 4 is 23.3 Å². The van der Waals surface area contributed by atoms with Crippen LogP contribution in [0.2, 0.25) is 0 Å². The summed E-state index contributed by atoms with van der Waals surface area (Å²) in [5, 5.41) is 0. The number of ether oxygens (including phenoxy) is 1. The zero-order valence-corrected chi connectivity index (χ0v) is 12.4. The van der Waals surface area contributed by atoms with Crippen molar-refractivity contribution < 1.29 is 4.74 Å². The zero-order chi connectivity index (χ0) is 14.2. The van der Waals surface area contributed by atoms with Gasteiger partial charge in [0.05, 0.1) is 5.88 Å². The summed E-state index contributed by atoms with van der Waals surface area (Å²) in [7, 11) is 0. The van der Waals surface area contributed by atoms with Crippen molar-refractivity contribution in [1.82, 2.24) is 0 Å². The molecule has 0 fully saturated rings. The first-order valence-electron chi connectivity index (χ1n) is 6.88. The van der Waals surface area contributed by atoms with Gasteiger partial charge in [-0.1, -0.05) is 55.5 Å². The van der Waals surface area contributed by atoms with Crippen molar-refractivity contribution in [3.63, 3.8) is 0 Å². The third-order valence-electron chi connectivity index (χ3n) is 3.09. The lowest BCUT2D eigenvalue weighted by molar-refractivity contribution is 0.343. The van der Waals surface area contributed by atoms with Crippen LogP contribution < -0.4 is 4.74 Å². The van der Waals surface area contributed by atoms with Gasteiger partial charge in [0.15, 0.2) is 0 Å². The van der Waals surface area contributed by atoms with Crippen LogP contribution >= 0.6 is 11.6 Å². The monoisotopic (exact) mass is 286 g/mol. The number of allylic oxidation sites excluding steroid dienone is 1. The van der Waals surface area contributed by atoms with Gasteiger partial charge in [-0.2, -0.15) is 0 Å². The molecular formula is C18H19ClO. The summed E-state index contributed by atoms with van der Waals surface area (Å²) in [4.78, 5) is 0. The Kier molecular flexibility index (Phi) is 5.69. The van der Waals surface area contributed by atoms with Crippen LogP contribution in [0.15, 0.2) is 54.6 Å². The SMILES string of the molecule is CC/C(=C/c1ccc(OCCCl)cc1)c1ccccc1. The van der Waals surface area contributed by atoms with Crippen molar-refractivity contribution in [1.29, 1.82) is 0 Å². The Morgan fingerprint density at radius 1 is 1.05 bits per heavy atom. The molecule has 0 aliphatic rings. The third kappa shape index (κ3) is 4.14. The Labute approximate surface area is 125 Å². The minimum absolute atomic E-state index is 0.510. The number of halogens is 1. The third-order valence-corrected chi connectivity index (χ3v) is 3.25. The van der Waals surface area contributed by atoms with E-state index in [1.54, 1.807) is 0 Å². The second-order valence-corrected chi connectivity index (χ2v) is 4.87. The average molecular weight is 287 g/mol. The predicted octanol–water partition coefficient (Wildman–Crippen LogP) is 5.25. The predicted molar refractivity (Wildman–Crippen MR) is 87.3 cm³/mol. The van der Waals surface area contributed by atoms with Gasteiger partial charge in [-0.3, -0.25) is 0 Å². The largest absolute Gasteiger partial charge is 0.492 e. The van der Waals surface area contributed by atoms with E-state index < -0.39 is 0 Å². The second-order valence-electron chi connectivity index (χ2n) is 4.50. The van der Waals surface area contributed by atoms with E-state index in [2.05, 4.69) is 49.4 Å². The van der Waals surface area contributed by atoms with E-state index in [1.807, 2.05) is 18.2 Å². The fourth-order valence-corrected chi connectivity index (χ4v) is 2.14. The number of alkyl halides is 1. The van der Waals surface area contributed by atoms with E-state index in [9.17, 15) is 0 Å². The summed E-state index contributed by atoms with van der Waals surface area (Å²) in [5.41, 5.74) is 3.79. The van der Waals surface area contributed by atoms with Crippen LogP contribution in [0.3, 0.4) is 0 Å². The molecule has 20 heavy (non-hydrogen) atoms. The highest BCUT2D eigenvalue weighted by atomic mass is 35.5. The molecule has 0 saturated carbocycles. The quantitative estimate of drug-likeness (QED) is 0.520. The Hall–Kier alpha value is -1.73. The van der Waals surface area contributed by atoms with Gasteiger partial charge < -0.3 is 4.74 Å². The summed E-state index contributed by atoms with van der Waals surface area (Å²) in [6.45, 7) is 2.72. The van der Waals surface area contributed by atoms with Gasteiger partial charge in [-0.05, 0) is 35.3 Å².